The van der Waals surface area contributed by atoms with Crippen LogP contribution in [0.4, 0.5) is 0 Å². The third-order valence-corrected chi connectivity index (χ3v) is 4.77. The molecule has 0 radical (unpaired) electrons. The van der Waals surface area contributed by atoms with Crippen LogP contribution in [0.2, 0.25) is 0 Å². The monoisotopic (exact) mass is 263 g/mol. The normalized spacial score (nSPS) is 11.7. The van der Waals surface area contributed by atoms with E-state index in [1.165, 1.54) is 3.97 Å². The summed E-state index contributed by atoms with van der Waals surface area (Å²) < 4.78 is 26.2. The van der Waals surface area contributed by atoms with E-state index in [-0.39, 0.29) is 0 Å². The van der Waals surface area contributed by atoms with Crippen LogP contribution in [0.5, 0.6) is 0 Å². The van der Waals surface area contributed by atoms with Crippen molar-refractivity contribution in [3.8, 4) is 0 Å². The molecule has 4 heteroatoms. The second-order valence-corrected chi connectivity index (χ2v) is 6.27. The third-order valence-electron chi connectivity index (χ3n) is 2.99. The summed E-state index contributed by atoms with van der Waals surface area (Å²) in [6.45, 7) is 5.73. The van der Waals surface area contributed by atoms with Crippen molar-refractivity contribution in [1.82, 2.24) is 3.97 Å². The van der Waals surface area contributed by atoms with Gasteiger partial charge in [0.1, 0.15) is 0 Å². The first kappa shape index (κ1) is 12.9. The second kappa shape index (κ2) is 4.61. The van der Waals surface area contributed by atoms with Gasteiger partial charge in [-0.15, -0.1) is 0 Å². The summed E-state index contributed by atoms with van der Waals surface area (Å²) in [5, 5.41) is 0. The number of rotatable bonds is 3. The maximum Gasteiger partial charge on any atom is 0.267 e. The number of benzene rings is 1. The van der Waals surface area contributed by atoms with Gasteiger partial charge < -0.3 is 0 Å². The fourth-order valence-corrected chi connectivity index (χ4v) is 3.43. The highest BCUT2D eigenvalue weighted by Crippen LogP contribution is 2.18. The van der Waals surface area contributed by atoms with Gasteiger partial charge in [-0.3, -0.25) is 0 Å². The Hall–Kier alpha value is -1.55. The maximum atomic E-state index is 12.4. The molecule has 0 unspecified atom stereocenters. The molecular formula is C14H17NO2S. The molecule has 0 fully saturated rings. The van der Waals surface area contributed by atoms with Gasteiger partial charge in [0.25, 0.3) is 10.0 Å². The van der Waals surface area contributed by atoms with Crippen LogP contribution in [0.1, 0.15) is 23.7 Å². The van der Waals surface area contributed by atoms with Crippen LogP contribution < -0.4 is 0 Å². The fourth-order valence-electron chi connectivity index (χ4n) is 1.99. The van der Waals surface area contributed by atoms with Gasteiger partial charge in [0.2, 0.25) is 0 Å². The molecule has 96 valence electrons. The molecule has 2 rings (SSSR count). The summed E-state index contributed by atoms with van der Waals surface area (Å²) in [6, 6.07) is 8.92. The van der Waals surface area contributed by atoms with Crippen LogP contribution >= 0.6 is 0 Å². The van der Waals surface area contributed by atoms with Gasteiger partial charge in [-0.05, 0) is 49.6 Å². The van der Waals surface area contributed by atoms with Gasteiger partial charge in [-0.2, -0.15) is 0 Å². The largest absolute Gasteiger partial charge is 0.267 e. The van der Waals surface area contributed by atoms with Crippen molar-refractivity contribution in [3.05, 3.63) is 53.3 Å². The molecule has 1 aromatic heterocycles. The molecule has 0 aliphatic heterocycles. The molecule has 0 N–H and O–H groups in total. The first-order valence-corrected chi connectivity index (χ1v) is 7.39. The SMILES string of the molecule is CCc1ccc(S(=O)(=O)n2cc(C)cc2C)cc1. The van der Waals surface area contributed by atoms with E-state index in [4.69, 9.17) is 0 Å². The molecule has 3 nitrogen and oxygen atoms in total. The first-order chi connectivity index (χ1) is 8.45. The van der Waals surface area contributed by atoms with E-state index in [0.717, 1.165) is 23.2 Å². The van der Waals surface area contributed by atoms with Gasteiger partial charge in [-0.1, -0.05) is 19.1 Å². The minimum atomic E-state index is -3.46. The number of hydrogen-bond acceptors (Lipinski definition) is 2. The van der Waals surface area contributed by atoms with Crippen molar-refractivity contribution >= 4 is 10.0 Å². The summed E-state index contributed by atoms with van der Waals surface area (Å²) in [4.78, 5) is 0.332. The van der Waals surface area contributed by atoms with Crippen molar-refractivity contribution in [2.75, 3.05) is 0 Å². The lowest BCUT2D eigenvalue weighted by molar-refractivity contribution is 0.586. The molecule has 0 bridgehead atoms. The van der Waals surface area contributed by atoms with Crippen LogP contribution in [-0.2, 0) is 16.4 Å². The first-order valence-electron chi connectivity index (χ1n) is 5.95. The van der Waals surface area contributed by atoms with Gasteiger partial charge in [0.15, 0.2) is 0 Å². The second-order valence-electron chi connectivity index (χ2n) is 4.46. The summed E-state index contributed by atoms with van der Waals surface area (Å²) in [5.41, 5.74) is 2.81. The van der Waals surface area contributed by atoms with Crippen LogP contribution in [-0.4, -0.2) is 12.4 Å². The Kier molecular flexibility index (Phi) is 3.30. The standard InChI is InChI=1S/C14H17NO2S/c1-4-13-5-7-14(8-6-13)18(16,17)15-10-11(2)9-12(15)3/h5-10H,4H2,1-3H3. The van der Waals surface area contributed by atoms with Crippen LogP contribution in [0.15, 0.2) is 41.4 Å². The molecular weight excluding hydrogens is 246 g/mol. The van der Waals surface area contributed by atoms with Gasteiger partial charge in [-0.25, -0.2) is 12.4 Å². The molecule has 1 heterocycles. The third kappa shape index (κ3) is 2.20. The average molecular weight is 263 g/mol. The number of aromatic nitrogens is 1. The lowest BCUT2D eigenvalue weighted by atomic mass is 10.2. The summed E-state index contributed by atoms with van der Waals surface area (Å²) in [6.07, 6.45) is 2.56. The van der Waals surface area contributed by atoms with Crippen molar-refractivity contribution in [3.63, 3.8) is 0 Å². The lowest BCUT2D eigenvalue weighted by Crippen LogP contribution is -2.13. The Morgan fingerprint density at radius 1 is 1.11 bits per heavy atom. The van der Waals surface area contributed by atoms with E-state index in [9.17, 15) is 8.42 Å². The Morgan fingerprint density at radius 2 is 1.72 bits per heavy atom. The Balaban J connectivity index is 2.51. The Bertz CT molecular complexity index is 652. The molecule has 0 saturated carbocycles. The maximum absolute atomic E-state index is 12.4. The zero-order chi connectivity index (χ0) is 13.3. The van der Waals surface area contributed by atoms with Crippen molar-refractivity contribution in [1.29, 1.82) is 0 Å². The van der Waals surface area contributed by atoms with Crippen LogP contribution in [0.3, 0.4) is 0 Å². The molecule has 0 amide bonds. The summed E-state index contributed by atoms with van der Waals surface area (Å²) >= 11 is 0. The molecule has 0 spiro atoms. The van der Waals surface area contributed by atoms with E-state index in [0.29, 0.717) is 4.90 Å². The minimum absolute atomic E-state index is 0.332. The molecule has 0 aliphatic rings. The highest BCUT2D eigenvalue weighted by Gasteiger charge is 2.18. The highest BCUT2D eigenvalue weighted by atomic mass is 32.2. The van der Waals surface area contributed by atoms with Crippen molar-refractivity contribution < 1.29 is 8.42 Å². The van der Waals surface area contributed by atoms with E-state index < -0.39 is 10.0 Å². The van der Waals surface area contributed by atoms with Crippen LogP contribution in [0.25, 0.3) is 0 Å². The Morgan fingerprint density at radius 3 is 2.17 bits per heavy atom. The van der Waals surface area contributed by atoms with E-state index in [1.54, 1.807) is 25.3 Å². The molecule has 0 aliphatic carbocycles. The predicted octanol–water partition coefficient (Wildman–Crippen LogP) is 2.90. The van der Waals surface area contributed by atoms with Crippen molar-refractivity contribution in [2.45, 2.75) is 32.1 Å². The van der Waals surface area contributed by atoms with E-state index in [2.05, 4.69) is 0 Å². The Labute approximate surface area is 108 Å². The van der Waals surface area contributed by atoms with Gasteiger partial charge in [0, 0.05) is 11.9 Å². The molecule has 1 aromatic carbocycles. The van der Waals surface area contributed by atoms with E-state index >= 15 is 0 Å². The van der Waals surface area contributed by atoms with E-state index in [1.807, 2.05) is 32.0 Å². The number of aryl methyl sites for hydroxylation is 3. The highest BCUT2D eigenvalue weighted by molar-refractivity contribution is 7.90. The molecule has 2 aromatic rings. The zero-order valence-electron chi connectivity index (χ0n) is 10.8. The zero-order valence-corrected chi connectivity index (χ0v) is 11.7. The smallest absolute Gasteiger partial charge is 0.246 e. The summed E-state index contributed by atoms with van der Waals surface area (Å²) in [5.74, 6) is 0. The predicted molar refractivity (Wildman–Crippen MR) is 72.3 cm³/mol. The van der Waals surface area contributed by atoms with Crippen LogP contribution in [0, 0.1) is 13.8 Å². The minimum Gasteiger partial charge on any atom is -0.246 e. The number of hydrogen-bond donors (Lipinski definition) is 0. The lowest BCUT2D eigenvalue weighted by Gasteiger charge is -2.08. The molecule has 0 saturated heterocycles. The van der Waals surface area contributed by atoms with Crippen molar-refractivity contribution in [2.24, 2.45) is 0 Å². The quantitative estimate of drug-likeness (QED) is 0.854. The molecule has 0 atom stereocenters. The number of nitrogens with zero attached hydrogens (tertiary/aromatic N) is 1. The summed E-state index contributed by atoms with van der Waals surface area (Å²) in [7, 11) is -3.46. The fraction of sp³-hybridized carbons (Fsp3) is 0.286. The average Bonchev–Trinajstić information content (AvgIpc) is 2.69. The van der Waals surface area contributed by atoms with Gasteiger partial charge >= 0.3 is 0 Å². The topological polar surface area (TPSA) is 39.1 Å². The molecule has 18 heavy (non-hydrogen) atoms. The van der Waals surface area contributed by atoms with Gasteiger partial charge in [0.05, 0.1) is 4.90 Å².